The Morgan fingerprint density at radius 3 is 2.32 bits per heavy atom. The quantitative estimate of drug-likeness (QED) is 0.149. The van der Waals surface area contributed by atoms with E-state index in [0.29, 0.717) is 0 Å². The minimum Gasteiger partial charge on any atom is -0.510 e. The maximum absolute atomic E-state index is 13.5. The molecular weight excluding hydrogens is 446 g/mol. The van der Waals surface area contributed by atoms with Crippen LogP contribution in [0.5, 0.6) is 5.75 Å². The Balaban J connectivity index is 2.00. The van der Waals surface area contributed by atoms with Crippen molar-refractivity contribution >= 4 is 28.9 Å². The van der Waals surface area contributed by atoms with Crippen LogP contribution in [0.25, 0.3) is 0 Å². The van der Waals surface area contributed by atoms with Gasteiger partial charge in [0.25, 0.3) is 5.91 Å². The normalized spacial score (nSPS) is 28.6. The number of fused-ring (bicyclic) bond motifs is 3. The molecule has 34 heavy (non-hydrogen) atoms. The van der Waals surface area contributed by atoms with E-state index in [1.165, 1.54) is 17.9 Å². The fourth-order valence-corrected chi connectivity index (χ4v) is 5.65. The lowest BCUT2D eigenvalue weighted by Gasteiger charge is -2.50. The number of nitrogens with two attached hydrogens (primary N) is 2. The first-order valence-corrected chi connectivity index (χ1v) is 10.5. The van der Waals surface area contributed by atoms with Crippen LogP contribution in [0.2, 0.25) is 0 Å². The number of primary amides is 1. The van der Waals surface area contributed by atoms with Crippen molar-refractivity contribution in [3.8, 4) is 5.75 Å². The molecule has 0 fully saturated rings. The van der Waals surface area contributed by atoms with E-state index in [2.05, 4.69) is 0 Å². The number of likely N-dealkylation sites (N-methyl/N-ethyl adjacent to an activating group) is 1. The van der Waals surface area contributed by atoms with Gasteiger partial charge in [0.2, 0.25) is 5.78 Å². The molecule has 4 atom stereocenters. The Kier molecular flexibility index (Phi) is 5.11. The number of rotatable bonds is 3. The summed E-state index contributed by atoms with van der Waals surface area (Å²) in [4.78, 5) is 52.4. The van der Waals surface area contributed by atoms with E-state index < -0.39 is 63.8 Å². The van der Waals surface area contributed by atoms with E-state index in [0.717, 1.165) is 0 Å². The second-order valence-corrected chi connectivity index (χ2v) is 9.23. The summed E-state index contributed by atoms with van der Waals surface area (Å²) >= 11 is 0. The molecule has 4 unspecified atom stereocenters. The lowest BCUT2D eigenvalue weighted by atomic mass is 9.58. The zero-order valence-electron chi connectivity index (χ0n) is 18.7. The van der Waals surface area contributed by atoms with Crippen LogP contribution in [-0.4, -0.2) is 74.3 Å². The molecular formula is C23H25N3O8. The Hall–Kier alpha value is -3.70. The van der Waals surface area contributed by atoms with Crippen LogP contribution in [-0.2, 0) is 16.0 Å². The highest BCUT2D eigenvalue weighted by molar-refractivity contribution is 6.25. The number of hydrogen-bond acceptors (Lipinski definition) is 10. The minimum absolute atomic E-state index is 0.0251. The van der Waals surface area contributed by atoms with E-state index in [-0.39, 0.29) is 46.6 Å². The number of allylic oxidation sites excluding steroid dienone is 1. The summed E-state index contributed by atoms with van der Waals surface area (Å²) in [7, 11) is 3.09. The third-order valence-corrected chi connectivity index (χ3v) is 7.13. The maximum Gasteiger partial charge on any atom is 0.255 e. The van der Waals surface area contributed by atoms with Crippen LogP contribution in [0.4, 0.5) is 5.69 Å². The van der Waals surface area contributed by atoms with Gasteiger partial charge in [0.1, 0.15) is 22.8 Å². The van der Waals surface area contributed by atoms with E-state index in [4.69, 9.17) is 11.5 Å². The van der Waals surface area contributed by atoms with Crippen molar-refractivity contribution < 1.29 is 39.6 Å². The molecule has 0 aliphatic heterocycles. The van der Waals surface area contributed by atoms with Gasteiger partial charge in [0, 0.05) is 17.1 Å². The number of aliphatic hydroxyl groups excluding tert-OH is 2. The fraction of sp³-hybridized carbons (Fsp3) is 0.391. The minimum atomic E-state index is -2.72. The van der Waals surface area contributed by atoms with Crippen LogP contribution in [0.15, 0.2) is 28.7 Å². The van der Waals surface area contributed by atoms with Crippen LogP contribution in [0.3, 0.4) is 0 Å². The highest BCUT2D eigenvalue weighted by atomic mass is 16.3. The number of phenols is 1. The van der Waals surface area contributed by atoms with Crippen molar-refractivity contribution in [3.05, 3.63) is 45.4 Å². The number of Topliss-reactive ketones (excluding diaryl/α,β-unsaturated/α-hetero) is 3. The van der Waals surface area contributed by atoms with Crippen LogP contribution >= 0.6 is 0 Å². The molecule has 0 bridgehead atoms. The average molecular weight is 471 g/mol. The summed E-state index contributed by atoms with van der Waals surface area (Å²) in [5.74, 6) is -7.98. The van der Waals surface area contributed by atoms with Gasteiger partial charge in [-0.3, -0.25) is 24.1 Å². The summed E-state index contributed by atoms with van der Waals surface area (Å²) in [5, 5.41) is 43.9. The number of nitrogens with zero attached hydrogens (tertiary/aromatic N) is 1. The molecule has 0 saturated carbocycles. The van der Waals surface area contributed by atoms with Gasteiger partial charge < -0.3 is 31.9 Å². The summed E-state index contributed by atoms with van der Waals surface area (Å²) in [6.07, 6.45) is -0.0362. The van der Waals surface area contributed by atoms with E-state index in [9.17, 15) is 39.6 Å². The molecule has 3 aliphatic carbocycles. The van der Waals surface area contributed by atoms with Crippen molar-refractivity contribution in [2.24, 2.45) is 17.6 Å². The van der Waals surface area contributed by atoms with E-state index in [1.807, 2.05) is 0 Å². The largest absolute Gasteiger partial charge is 0.510 e. The topological polar surface area (TPSA) is 204 Å². The number of hydrogen-bond donors (Lipinski definition) is 6. The van der Waals surface area contributed by atoms with Gasteiger partial charge >= 0.3 is 0 Å². The van der Waals surface area contributed by atoms with E-state index >= 15 is 0 Å². The Bertz CT molecular complexity index is 1260. The van der Waals surface area contributed by atoms with Gasteiger partial charge in [-0.2, -0.15) is 0 Å². The predicted octanol–water partition coefficient (Wildman–Crippen LogP) is -0.0946. The molecule has 1 amide bonds. The summed E-state index contributed by atoms with van der Waals surface area (Å²) < 4.78 is 0. The van der Waals surface area contributed by atoms with Gasteiger partial charge in [-0.05, 0) is 51.4 Å². The molecule has 0 saturated heterocycles. The number of aliphatic hydroxyl groups is 3. The molecule has 4 rings (SSSR count). The molecule has 0 radical (unpaired) electrons. The number of anilines is 1. The SMILES string of the molecule is CC(=O)c1cc(N)c(O)c2c1CC1CC3C(N(C)C)C(O)=C(C(N)=O)C(=O)C3(O)C(O)=C1C2=O. The second kappa shape index (κ2) is 7.40. The molecule has 1 aromatic carbocycles. The monoisotopic (exact) mass is 471 g/mol. The van der Waals surface area contributed by atoms with Crippen molar-refractivity contribution in [1.29, 1.82) is 0 Å². The summed E-state index contributed by atoms with van der Waals surface area (Å²) in [5.41, 5.74) is 7.07. The first kappa shape index (κ1) is 23.5. The highest BCUT2D eigenvalue weighted by Gasteiger charge is 2.63. The zero-order valence-corrected chi connectivity index (χ0v) is 18.7. The average Bonchev–Trinajstić information content (AvgIpc) is 2.72. The number of ketones is 3. The standard InChI is InChI=1S/C23H25N3O8/c1-7(27)9-6-12(24)17(28)14-10(9)4-8-5-11-16(26(2)3)19(30)15(22(25)33)21(32)23(11,34)20(31)13(8)18(14)29/h6,8,11,16,28,30-31,34H,4-5,24H2,1-3H3,(H2,25,33). The Labute approximate surface area is 194 Å². The Morgan fingerprint density at radius 1 is 1.18 bits per heavy atom. The second-order valence-electron chi connectivity index (χ2n) is 9.23. The smallest absolute Gasteiger partial charge is 0.255 e. The first-order chi connectivity index (χ1) is 15.7. The van der Waals surface area contributed by atoms with Crippen LogP contribution in [0, 0.1) is 11.8 Å². The van der Waals surface area contributed by atoms with Crippen molar-refractivity contribution in [2.45, 2.75) is 31.4 Å². The molecule has 11 heteroatoms. The van der Waals surface area contributed by atoms with Gasteiger partial charge in [-0.1, -0.05) is 0 Å². The third-order valence-electron chi connectivity index (χ3n) is 7.13. The van der Waals surface area contributed by atoms with Crippen molar-refractivity contribution in [1.82, 2.24) is 4.90 Å². The summed E-state index contributed by atoms with van der Waals surface area (Å²) in [6.45, 7) is 1.29. The van der Waals surface area contributed by atoms with Gasteiger partial charge in [0.05, 0.1) is 17.3 Å². The lowest BCUT2D eigenvalue weighted by molar-refractivity contribution is -0.148. The first-order valence-electron chi connectivity index (χ1n) is 10.5. The van der Waals surface area contributed by atoms with Gasteiger partial charge in [0.15, 0.2) is 17.2 Å². The lowest BCUT2D eigenvalue weighted by Crippen LogP contribution is -2.63. The van der Waals surface area contributed by atoms with Crippen molar-refractivity contribution in [2.75, 3.05) is 19.8 Å². The molecule has 1 aromatic rings. The molecule has 0 heterocycles. The zero-order chi connectivity index (χ0) is 25.4. The molecule has 8 N–H and O–H groups in total. The molecule has 0 spiro atoms. The number of amides is 1. The van der Waals surface area contributed by atoms with Crippen LogP contribution in [0.1, 0.15) is 39.6 Å². The van der Waals surface area contributed by atoms with Gasteiger partial charge in [-0.15, -0.1) is 0 Å². The number of carbonyl (C=O) groups excluding carboxylic acids is 4. The van der Waals surface area contributed by atoms with Crippen molar-refractivity contribution in [3.63, 3.8) is 0 Å². The molecule has 11 nitrogen and oxygen atoms in total. The van der Waals surface area contributed by atoms with E-state index in [1.54, 1.807) is 14.1 Å². The fourth-order valence-electron chi connectivity index (χ4n) is 5.65. The van der Waals surface area contributed by atoms with Crippen LogP contribution < -0.4 is 11.5 Å². The molecule has 3 aliphatic rings. The number of nitrogen functional groups attached to an aromatic ring is 1. The number of carbonyl (C=O) groups is 4. The Morgan fingerprint density at radius 2 is 1.79 bits per heavy atom. The van der Waals surface area contributed by atoms with Gasteiger partial charge in [-0.25, -0.2) is 0 Å². The number of phenolic OH excluding ortho intramolecular Hbond substituents is 1. The molecule has 0 aromatic heterocycles. The summed E-state index contributed by atoms with van der Waals surface area (Å²) in [6, 6.07) is 0.190. The number of aromatic hydroxyl groups is 1. The molecule has 180 valence electrons. The highest BCUT2D eigenvalue weighted by Crippen LogP contribution is 2.52. The number of benzene rings is 1. The predicted molar refractivity (Wildman–Crippen MR) is 118 cm³/mol. The third kappa shape index (κ3) is 2.83. The maximum atomic E-state index is 13.5.